The largest absolute Gasteiger partial charge is 0.465 e. The van der Waals surface area contributed by atoms with Crippen LogP contribution in [0.3, 0.4) is 0 Å². The van der Waals surface area contributed by atoms with Gasteiger partial charge in [-0.1, -0.05) is 6.07 Å². The summed E-state index contributed by atoms with van der Waals surface area (Å²) in [5.41, 5.74) is -1.31. The highest BCUT2D eigenvalue weighted by Crippen LogP contribution is 2.23. The molecule has 0 saturated carbocycles. The van der Waals surface area contributed by atoms with E-state index in [-0.39, 0.29) is 16.9 Å². The van der Waals surface area contributed by atoms with Gasteiger partial charge in [0.15, 0.2) is 0 Å². The Hall–Kier alpha value is -3.29. The zero-order chi connectivity index (χ0) is 20.2. The fourth-order valence-corrected chi connectivity index (χ4v) is 2.10. The van der Waals surface area contributed by atoms with Crippen LogP contribution in [0.1, 0.15) is 24.2 Å². The number of carbonyl (C=O) groups is 3. The maximum absolute atomic E-state index is 13.7. The molecule has 2 rings (SSSR count). The second kappa shape index (κ2) is 7.94. The Morgan fingerprint density at radius 1 is 0.963 bits per heavy atom. The Bertz CT molecular complexity index is 897. The van der Waals surface area contributed by atoms with Gasteiger partial charge in [0, 0.05) is 11.8 Å². The molecule has 0 unspecified atom stereocenters. The Labute approximate surface area is 154 Å². The molecule has 0 aliphatic carbocycles. The van der Waals surface area contributed by atoms with Crippen molar-refractivity contribution >= 4 is 29.2 Å². The van der Waals surface area contributed by atoms with Gasteiger partial charge in [-0.3, -0.25) is 9.59 Å². The van der Waals surface area contributed by atoms with E-state index < -0.39 is 34.8 Å². The van der Waals surface area contributed by atoms with Crippen LogP contribution in [0.25, 0.3) is 0 Å². The first-order valence-electron chi connectivity index (χ1n) is 7.91. The van der Waals surface area contributed by atoms with E-state index in [1.807, 2.05) is 0 Å². The summed E-state index contributed by atoms with van der Waals surface area (Å²) < 4.78 is 31.3. The molecular formula is C19H18F2N2O4. The van der Waals surface area contributed by atoms with Crippen molar-refractivity contribution < 1.29 is 27.9 Å². The van der Waals surface area contributed by atoms with Gasteiger partial charge < -0.3 is 15.4 Å². The molecule has 0 saturated heterocycles. The highest BCUT2D eigenvalue weighted by molar-refractivity contribution is 6.14. The van der Waals surface area contributed by atoms with Gasteiger partial charge in [-0.15, -0.1) is 0 Å². The highest BCUT2D eigenvalue weighted by atomic mass is 19.1. The average molecular weight is 376 g/mol. The third-order valence-electron chi connectivity index (χ3n) is 3.86. The van der Waals surface area contributed by atoms with Crippen LogP contribution in [0.4, 0.5) is 20.2 Å². The van der Waals surface area contributed by atoms with Crippen LogP contribution in [0.2, 0.25) is 0 Å². The minimum atomic E-state index is -1.58. The summed E-state index contributed by atoms with van der Waals surface area (Å²) in [6.45, 7) is 2.70. The molecule has 2 N–H and O–H groups in total. The second-order valence-corrected chi connectivity index (χ2v) is 6.23. The number of carbonyl (C=O) groups excluding carboxylic acids is 3. The van der Waals surface area contributed by atoms with Gasteiger partial charge in [-0.05, 0) is 44.2 Å². The van der Waals surface area contributed by atoms with Crippen LogP contribution < -0.4 is 10.6 Å². The number of ether oxygens (including phenoxy) is 1. The first kappa shape index (κ1) is 20.0. The lowest BCUT2D eigenvalue weighted by Crippen LogP contribution is -2.41. The number of nitrogens with one attached hydrogen (secondary N) is 2. The molecule has 0 aromatic heterocycles. The molecule has 0 aliphatic rings. The summed E-state index contributed by atoms with van der Waals surface area (Å²) >= 11 is 0. The lowest BCUT2D eigenvalue weighted by atomic mass is 9.90. The van der Waals surface area contributed by atoms with Crippen LogP contribution in [0.5, 0.6) is 0 Å². The minimum Gasteiger partial charge on any atom is -0.465 e. The lowest BCUT2D eigenvalue weighted by Gasteiger charge is -2.23. The molecular weight excluding hydrogens is 358 g/mol. The number of amides is 2. The van der Waals surface area contributed by atoms with Gasteiger partial charge in [-0.25, -0.2) is 13.6 Å². The Morgan fingerprint density at radius 2 is 1.63 bits per heavy atom. The normalized spacial score (nSPS) is 10.9. The smallest absolute Gasteiger partial charge is 0.337 e. The fraction of sp³-hybridized carbons (Fsp3) is 0.211. The number of benzene rings is 2. The van der Waals surface area contributed by atoms with Crippen molar-refractivity contribution in [3.8, 4) is 0 Å². The summed E-state index contributed by atoms with van der Waals surface area (Å²) in [4.78, 5) is 36.5. The molecule has 0 fully saturated rings. The van der Waals surface area contributed by atoms with E-state index in [1.54, 1.807) is 6.07 Å². The van der Waals surface area contributed by atoms with Crippen LogP contribution >= 0.6 is 0 Å². The molecule has 0 heterocycles. The van der Waals surface area contributed by atoms with Gasteiger partial charge in [0.05, 0.1) is 18.4 Å². The molecule has 0 atom stereocenters. The van der Waals surface area contributed by atoms with Crippen molar-refractivity contribution in [2.75, 3.05) is 17.7 Å². The number of halogens is 2. The molecule has 0 bridgehead atoms. The number of anilines is 2. The zero-order valence-electron chi connectivity index (χ0n) is 14.9. The van der Waals surface area contributed by atoms with Crippen LogP contribution in [-0.2, 0) is 14.3 Å². The van der Waals surface area contributed by atoms with Crippen molar-refractivity contribution in [3.05, 3.63) is 59.7 Å². The van der Waals surface area contributed by atoms with Crippen molar-refractivity contribution in [1.29, 1.82) is 0 Å². The Kier molecular flexibility index (Phi) is 5.89. The molecule has 0 aliphatic heterocycles. The van der Waals surface area contributed by atoms with E-state index in [0.29, 0.717) is 6.07 Å². The van der Waals surface area contributed by atoms with Gasteiger partial charge >= 0.3 is 5.97 Å². The SMILES string of the molecule is COC(=O)c1cccc(NC(=O)C(C)(C)C(=O)Nc2ccc(F)cc2F)c1. The maximum Gasteiger partial charge on any atom is 0.337 e. The van der Waals surface area contributed by atoms with E-state index in [2.05, 4.69) is 15.4 Å². The van der Waals surface area contributed by atoms with Crippen molar-refractivity contribution in [1.82, 2.24) is 0 Å². The summed E-state index contributed by atoms with van der Waals surface area (Å²) in [6.07, 6.45) is 0. The molecule has 2 aromatic carbocycles. The first-order chi connectivity index (χ1) is 12.6. The predicted octanol–water partition coefficient (Wildman–Crippen LogP) is 3.35. The van der Waals surface area contributed by atoms with E-state index in [4.69, 9.17) is 0 Å². The monoisotopic (exact) mass is 376 g/mol. The van der Waals surface area contributed by atoms with Gasteiger partial charge in [0.1, 0.15) is 17.0 Å². The fourth-order valence-electron chi connectivity index (χ4n) is 2.10. The highest BCUT2D eigenvalue weighted by Gasteiger charge is 2.36. The molecule has 142 valence electrons. The molecule has 2 amide bonds. The number of hydrogen-bond acceptors (Lipinski definition) is 4. The Balaban J connectivity index is 2.14. The van der Waals surface area contributed by atoms with E-state index in [1.165, 1.54) is 39.2 Å². The first-order valence-corrected chi connectivity index (χ1v) is 7.91. The summed E-state index contributed by atoms with van der Waals surface area (Å²) in [5, 5.41) is 4.80. The summed E-state index contributed by atoms with van der Waals surface area (Å²) in [5.74, 6) is -3.77. The molecule has 2 aromatic rings. The van der Waals surface area contributed by atoms with Crippen molar-refractivity contribution in [2.45, 2.75) is 13.8 Å². The summed E-state index contributed by atoms with van der Waals surface area (Å²) in [7, 11) is 1.23. The average Bonchev–Trinajstić information content (AvgIpc) is 2.63. The number of esters is 1. The third-order valence-corrected chi connectivity index (χ3v) is 3.86. The topological polar surface area (TPSA) is 84.5 Å². The maximum atomic E-state index is 13.7. The molecule has 0 spiro atoms. The predicted molar refractivity (Wildman–Crippen MR) is 95.2 cm³/mol. The standard InChI is InChI=1S/C19H18F2N2O4/c1-19(2,18(26)23-15-8-7-12(20)10-14(15)21)17(25)22-13-6-4-5-11(9-13)16(24)27-3/h4-10H,1-3H3,(H,22,25)(H,23,26). The summed E-state index contributed by atoms with van der Waals surface area (Å²) in [6, 6.07) is 8.68. The molecule has 0 radical (unpaired) electrons. The zero-order valence-corrected chi connectivity index (χ0v) is 14.9. The molecule has 8 heteroatoms. The molecule has 6 nitrogen and oxygen atoms in total. The minimum absolute atomic E-state index is 0.228. The number of rotatable bonds is 5. The quantitative estimate of drug-likeness (QED) is 0.619. The van der Waals surface area contributed by atoms with Crippen molar-refractivity contribution in [3.63, 3.8) is 0 Å². The second-order valence-electron chi connectivity index (χ2n) is 6.23. The third kappa shape index (κ3) is 4.66. The number of hydrogen-bond donors (Lipinski definition) is 2. The van der Waals surface area contributed by atoms with E-state index in [9.17, 15) is 23.2 Å². The van der Waals surface area contributed by atoms with Gasteiger partial charge in [0.2, 0.25) is 11.8 Å². The van der Waals surface area contributed by atoms with Gasteiger partial charge in [0.25, 0.3) is 0 Å². The van der Waals surface area contributed by atoms with Crippen molar-refractivity contribution in [2.24, 2.45) is 5.41 Å². The number of methoxy groups -OCH3 is 1. The van der Waals surface area contributed by atoms with E-state index >= 15 is 0 Å². The van der Waals surface area contributed by atoms with Crippen LogP contribution in [0.15, 0.2) is 42.5 Å². The van der Waals surface area contributed by atoms with Crippen LogP contribution in [-0.4, -0.2) is 24.9 Å². The Morgan fingerprint density at radius 3 is 2.26 bits per heavy atom. The van der Waals surface area contributed by atoms with Crippen LogP contribution in [0, 0.1) is 17.0 Å². The van der Waals surface area contributed by atoms with E-state index in [0.717, 1.165) is 12.1 Å². The molecule has 27 heavy (non-hydrogen) atoms. The lowest BCUT2D eigenvalue weighted by molar-refractivity contribution is -0.135. The van der Waals surface area contributed by atoms with Gasteiger partial charge in [-0.2, -0.15) is 0 Å².